The summed E-state index contributed by atoms with van der Waals surface area (Å²) in [5.41, 5.74) is 0. The van der Waals surface area contributed by atoms with Gasteiger partial charge in [-0.3, -0.25) is 14.4 Å². The Morgan fingerprint density at radius 2 is 0.638 bits per heavy atom. The standard InChI is InChI=1S/C52H94O6/c1-4-7-10-13-16-19-22-24-25-26-27-28-31-34-37-40-43-46-52(55)58-49(47-56-50(53)44-41-38-35-32-29-21-18-15-12-9-6-3)48-57-51(54)45-42-39-36-33-30-23-20-17-14-11-8-5-2/h24-25,27-28,34,37,49H,4-23,26,29-33,35-36,38-48H2,1-3H3/b25-24-,28-27-,37-34-/t49-/m0/s1. The lowest BCUT2D eigenvalue weighted by Crippen LogP contribution is -2.30. The molecule has 6 nitrogen and oxygen atoms in total. The van der Waals surface area contributed by atoms with Crippen LogP contribution in [0.5, 0.6) is 0 Å². The molecule has 0 aliphatic heterocycles. The topological polar surface area (TPSA) is 78.9 Å². The third kappa shape index (κ3) is 44.7. The molecule has 0 saturated heterocycles. The fraction of sp³-hybridized carbons (Fsp3) is 0.827. The van der Waals surface area contributed by atoms with Gasteiger partial charge in [0, 0.05) is 19.3 Å². The minimum atomic E-state index is -0.791. The van der Waals surface area contributed by atoms with Crippen molar-refractivity contribution in [1.29, 1.82) is 0 Å². The van der Waals surface area contributed by atoms with Gasteiger partial charge in [-0.15, -0.1) is 0 Å². The lowest BCUT2D eigenvalue weighted by atomic mass is 10.0. The van der Waals surface area contributed by atoms with Crippen LogP contribution in [0.1, 0.15) is 258 Å². The van der Waals surface area contributed by atoms with Crippen LogP contribution in [0.3, 0.4) is 0 Å². The van der Waals surface area contributed by atoms with Crippen LogP contribution in [0.25, 0.3) is 0 Å². The highest BCUT2D eigenvalue weighted by Gasteiger charge is 2.19. The molecule has 0 spiro atoms. The van der Waals surface area contributed by atoms with Crippen LogP contribution < -0.4 is 0 Å². The van der Waals surface area contributed by atoms with Crippen LogP contribution in [-0.2, 0) is 28.6 Å². The van der Waals surface area contributed by atoms with E-state index in [2.05, 4.69) is 57.2 Å². The average Bonchev–Trinajstić information content (AvgIpc) is 3.22. The molecule has 0 saturated carbocycles. The summed E-state index contributed by atoms with van der Waals surface area (Å²) < 4.78 is 16.7. The zero-order valence-electron chi connectivity index (χ0n) is 38.6. The molecule has 338 valence electrons. The van der Waals surface area contributed by atoms with E-state index in [-0.39, 0.29) is 37.5 Å². The fourth-order valence-corrected chi connectivity index (χ4v) is 7.11. The first-order valence-corrected chi connectivity index (χ1v) is 25.0. The molecule has 0 radical (unpaired) electrons. The highest BCUT2D eigenvalue weighted by Crippen LogP contribution is 2.15. The number of unbranched alkanes of at least 4 members (excludes halogenated alkanes) is 28. The van der Waals surface area contributed by atoms with Crippen molar-refractivity contribution >= 4 is 17.9 Å². The second kappa shape index (κ2) is 47.3. The Morgan fingerprint density at radius 3 is 1.02 bits per heavy atom. The number of hydrogen-bond acceptors (Lipinski definition) is 6. The van der Waals surface area contributed by atoms with Crippen molar-refractivity contribution in [3.63, 3.8) is 0 Å². The summed E-state index contributed by atoms with van der Waals surface area (Å²) in [6.45, 7) is 6.59. The molecule has 0 aromatic rings. The summed E-state index contributed by atoms with van der Waals surface area (Å²) in [5.74, 6) is -0.934. The molecular weight excluding hydrogens is 721 g/mol. The van der Waals surface area contributed by atoms with Gasteiger partial charge in [0.2, 0.25) is 0 Å². The maximum Gasteiger partial charge on any atom is 0.306 e. The van der Waals surface area contributed by atoms with Gasteiger partial charge in [-0.05, 0) is 51.4 Å². The molecule has 0 aliphatic rings. The Bertz CT molecular complexity index is 984. The molecule has 1 atom stereocenters. The first-order valence-electron chi connectivity index (χ1n) is 25.0. The SMILES string of the molecule is CCCCCCCC/C=C\C/C=C\C/C=C\CCCC(=O)O[C@@H](COC(=O)CCCCCCCCCCCCC)COC(=O)CCCCCCCCCCCCCC. The predicted molar refractivity (Wildman–Crippen MR) is 247 cm³/mol. The van der Waals surface area contributed by atoms with E-state index in [0.717, 1.165) is 57.8 Å². The van der Waals surface area contributed by atoms with Crippen LogP contribution in [0.2, 0.25) is 0 Å². The zero-order chi connectivity index (χ0) is 42.3. The van der Waals surface area contributed by atoms with Gasteiger partial charge in [0.1, 0.15) is 13.2 Å². The van der Waals surface area contributed by atoms with Crippen molar-refractivity contribution < 1.29 is 28.6 Å². The second-order valence-corrected chi connectivity index (χ2v) is 16.7. The molecule has 0 aliphatic carbocycles. The van der Waals surface area contributed by atoms with Crippen molar-refractivity contribution in [2.75, 3.05) is 13.2 Å². The maximum absolute atomic E-state index is 12.7. The number of carbonyl (C=O) groups is 3. The van der Waals surface area contributed by atoms with Crippen molar-refractivity contribution in [2.45, 2.75) is 264 Å². The van der Waals surface area contributed by atoms with Crippen LogP contribution >= 0.6 is 0 Å². The smallest absolute Gasteiger partial charge is 0.306 e. The summed E-state index contributed by atoms with van der Waals surface area (Å²) in [7, 11) is 0. The van der Waals surface area contributed by atoms with Crippen LogP contribution in [0.15, 0.2) is 36.5 Å². The van der Waals surface area contributed by atoms with Gasteiger partial charge in [0.25, 0.3) is 0 Å². The Balaban J connectivity index is 4.43. The Kier molecular flexibility index (Phi) is 45.4. The Morgan fingerprint density at radius 1 is 0.345 bits per heavy atom. The van der Waals surface area contributed by atoms with E-state index < -0.39 is 6.10 Å². The molecule has 0 unspecified atom stereocenters. The van der Waals surface area contributed by atoms with E-state index in [1.165, 1.54) is 154 Å². The van der Waals surface area contributed by atoms with Crippen molar-refractivity contribution in [2.24, 2.45) is 0 Å². The fourth-order valence-electron chi connectivity index (χ4n) is 7.11. The van der Waals surface area contributed by atoms with E-state index in [0.29, 0.717) is 19.3 Å². The summed E-state index contributed by atoms with van der Waals surface area (Å²) in [4.78, 5) is 37.8. The van der Waals surface area contributed by atoms with E-state index in [4.69, 9.17) is 14.2 Å². The van der Waals surface area contributed by atoms with Gasteiger partial charge >= 0.3 is 17.9 Å². The van der Waals surface area contributed by atoms with Gasteiger partial charge in [0.05, 0.1) is 0 Å². The molecule has 0 rings (SSSR count). The Labute approximate surface area is 359 Å². The lowest BCUT2D eigenvalue weighted by molar-refractivity contribution is -0.167. The van der Waals surface area contributed by atoms with E-state index in [1.54, 1.807) is 0 Å². The monoisotopic (exact) mass is 815 g/mol. The number of ether oxygens (including phenoxy) is 3. The summed E-state index contributed by atoms with van der Waals surface area (Å²) >= 11 is 0. The summed E-state index contributed by atoms with van der Waals surface area (Å²) in [6, 6.07) is 0. The molecule has 6 heteroatoms. The summed E-state index contributed by atoms with van der Waals surface area (Å²) in [6.07, 6.45) is 54.2. The third-order valence-electron chi connectivity index (χ3n) is 10.9. The number of rotatable bonds is 45. The molecule has 0 amide bonds. The highest BCUT2D eigenvalue weighted by atomic mass is 16.6. The molecule has 0 bridgehead atoms. The number of hydrogen-bond donors (Lipinski definition) is 0. The van der Waals surface area contributed by atoms with Gasteiger partial charge in [-0.1, -0.05) is 224 Å². The molecule has 0 heterocycles. The van der Waals surface area contributed by atoms with Crippen LogP contribution in [0, 0.1) is 0 Å². The minimum Gasteiger partial charge on any atom is -0.462 e. The van der Waals surface area contributed by atoms with Crippen LogP contribution in [0.4, 0.5) is 0 Å². The summed E-state index contributed by atoms with van der Waals surface area (Å²) in [5, 5.41) is 0. The first kappa shape index (κ1) is 55.6. The number of esters is 3. The van der Waals surface area contributed by atoms with E-state index in [1.807, 2.05) is 0 Å². The van der Waals surface area contributed by atoms with Gasteiger partial charge in [-0.2, -0.15) is 0 Å². The molecule has 0 fully saturated rings. The quantitative estimate of drug-likeness (QED) is 0.0264. The van der Waals surface area contributed by atoms with Crippen molar-refractivity contribution in [3.8, 4) is 0 Å². The molecule has 58 heavy (non-hydrogen) atoms. The van der Waals surface area contributed by atoms with Crippen molar-refractivity contribution in [3.05, 3.63) is 36.5 Å². The van der Waals surface area contributed by atoms with Crippen molar-refractivity contribution in [1.82, 2.24) is 0 Å². The average molecular weight is 815 g/mol. The highest BCUT2D eigenvalue weighted by molar-refractivity contribution is 5.71. The van der Waals surface area contributed by atoms with Gasteiger partial charge in [-0.25, -0.2) is 0 Å². The minimum absolute atomic E-state index is 0.0883. The largest absolute Gasteiger partial charge is 0.462 e. The first-order chi connectivity index (χ1) is 28.5. The molecule has 0 aromatic heterocycles. The Hall–Kier alpha value is -2.37. The normalized spacial score (nSPS) is 12.3. The van der Waals surface area contributed by atoms with E-state index in [9.17, 15) is 14.4 Å². The maximum atomic E-state index is 12.7. The third-order valence-corrected chi connectivity index (χ3v) is 10.9. The predicted octanol–water partition coefficient (Wildman–Crippen LogP) is 16.1. The van der Waals surface area contributed by atoms with Gasteiger partial charge in [0.15, 0.2) is 6.10 Å². The molecule has 0 aromatic carbocycles. The van der Waals surface area contributed by atoms with E-state index >= 15 is 0 Å². The number of allylic oxidation sites excluding steroid dienone is 6. The second-order valence-electron chi connectivity index (χ2n) is 16.7. The zero-order valence-corrected chi connectivity index (χ0v) is 38.6. The van der Waals surface area contributed by atoms with Crippen LogP contribution in [-0.4, -0.2) is 37.2 Å². The lowest BCUT2D eigenvalue weighted by Gasteiger charge is -2.18. The molecular formula is C52H94O6. The number of carbonyl (C=O) groups excluding carboxylic acids is 3. The molecule has 0 N–H and O–H groups in total. The van der Waals surface area contributed by atoms with Gasteiger partial charge < -0.3 is 14.2 Å².